The van der Waals surface area contributed by atoms with Crippen LogP contribution in [0.2, 0.25) is 0 Å². The highest BCUT2D eigenvalue weighted by atomic mass is 32.2. The molecule has 30 heavy (non-hydrogen) atoms. The van der Waals surface area contributed by atoms with Crippen molar-refractivity contribution in [3.8, 4) is 0 Å². The quantitative estimate of drug-likeness (QED) is 0.620. The Morgan fingerprint density at radius 1 is 0.833 bits per heavy atom. The summed E-state index contributed by atoms with van der Waals surface area (Å²) in [5.41, 5.74) is -1.25. The number of nitrogens with zero attached hydrogens (tertiary/aromatic N) is 1. The third-order valence-corrected chi connectivity index (χ3v) is 5.96. The summed E-state index contributed by atoms with van der Waals surface area (Å²) >= 11 is 0. The minimum atomic E-state index is -4.67. The number of carbonyl (C=O) groups excluding carboxylic acids is 1. The molecule has 3 aromatic rings. The second-order valence-electron chi connectivity index (χ2n) is 6.25. The molecule has 1 amide bonds. The van der Waals surface area contributed by atoms with Crippen LogP contribution in [0.5, 0.6) is 0 Å². The maximum atomic E-state index is 13.2. The van der Waals surface area contributed by atoms with Gasteiger partial charge in [0.05, 0.1) is 21.8 Å². The molecule has 3 aromatic carbocycles. The summed E-state index contributed by atoms with van der Waals surface area (Å²) in [5, 5.41) is 2.18. The molecule has 3 rings (SSSR count). The van der Waals surface area contributed by atoms with Gasteiger partial charge in [-0.25, -0.2) is 8.42 Å². The molecule has 0 saturated carbocycles. The lowest BCUT2D eigenvalue weighted by Gasteiger charge is -2.24. The molecule has 0 atom stereocenters. The molecule has 0 unspecified atom stereocenters. The molecular weight excluding hydrogens is 417 g/mol. The first-order chi connectivity index (χ1) is 14.2. The normalized spacial score (nSPS) is 11.7. The molecule has 0 radical (unpaired) electrons. The van der Waals surface area contributed by atoms with E-state index in [1.165, 1.54) is 48.5 Å². The van der Waals surface area contributed by atoms with E-state index >= 15 is 0 Å². The van der Waals surface area contributed by atoms with E-state index in [2.05, 4.69) is 5.32 Å². The first-order valence-electron chi connectivity index (χ1n) is 8.78. The number of benzene rings is 3. The van der Waals surface area contributed by atoms with Gasteiger partial charge < -0.3 is 5.32 Å². The van der Waals surface area contributed by atoms with E-state index in [0.717, 1.165) is 16.4 Å². The van der Waals surface area contributed by atoms with Crippen molar-refractivity contribution < 1.29 is 26.4 Å². The molecule has 0 fully saturated rings. The van der Waals surface area contributed by atoms with E-state index in [1.54, 1.807) is 24.3 Å². The molecule has 156 valence electrons. The van der Waals surface area contributed by atoms with Gasteiger partial charge in [-0.2, -0.15) is 13.2 Å². The smallest absolute Gasteiger partial charge is 0.324 e. The zero-order valence-electron chi connectivity index (χ0n) is 15.5. The van der Waals surface area contributed by atoms with E-state index in [-0.39, 0.29) is 10.6 Å². The minimum Gasteiger partial charge on any atom is -0.324 e. The van der Waals surface area contributed by atoms with Gasteiger partial charge in [0, 0.05) is 0 Å². The van der Waals surface area contributed by atoms with Gasteiger partial charge >= 0.3 is 6.18 Å². The average molecular weight is 434 g/mol. The van der Waals surface area contributed by atoms with Gasteiger partial charge in [-0.05, 0) is 36.4 Å². The summed E-state index contributed by atoms with van der Waals surface area (Å²) in [6, 6.07) is 19.8. The van der Waals surface area contributed by atoms with Gasteiger partial charge in [-0.3, -0.25) is 9.10 Å². The number of hydrogen-bond acceptors (Lipinski definition) is 3. The number of para-hydroxylation sites is 2. The maximum Gasteiger partial charge on any atom is 0.418 e. The minimum absolute atomic E-state index is 0.0441. The van der Waals surface area contributed by atoms with Gasteiger partial charge in [-0.1, -0.05) is 48.5 Å². The summed E-state index contributed by atoms with van der Waals surface area (Å²) in [6.07, 6.45) is -4.67. The largest absolute Gasteiger partial charge is 0.418 e. The van der Waals surface area contributed by atoms with Crippen LogP contribution >= 0.6 is 0 Å². The zero-order valence-corrected chi connectivity index (χ0v) is 16.3. The molecule has 0 spiro atoms. The Morgan fingerprint density at radius 3 is 1.97 bits per heavy atom. The van der Waals surface area contributed by atoms with Crippen LogP contribution in [0.15, 0.2) is 89.8 Å². The van der Waals surface area contributed by atoms with Gasteiger partial charge in [0.15, 0.2) is 0 Å². The number of hydrogen-bond donors (Lipinski definition) is 1. The van der Waals surface area contributed by atoms with Gasteiger partial charge in [0.2, 0.25) is 5.91 Å². The van der Waals surface area contributed by atoms with Crippen LogP contribution in [-0.2, 0) is 21.0 Å². The van der Waals surface area contributed by atoms with Crippen molar-refractivity contribution in [3.05, 3.63) is 90.5 Å². The van der Waals surface area contributed by atoms with E-state index in [9.17, 15) is 26.4 Å². The zero-order chi connectivity index (χ0) is 21.8. The Morgan fingerprint density at radius 2 is 1.37 bits per heavy atom. The van der Waals surface area contributed by atoms with Gasteiger partial charge in [0.1, 0.15) is 6.54 Å². The number of sulfonamides is 1. The van der Waals surface area contributed by atoms with Crippen molar-refractivity contribution in [3.63, 3.8) is 0 Å². The van der Waals surface area contributed by atoms with Crippen LogP contribution < -0.4 is 9.62 Å². The van der Waals surface area contributed by atoms with Crippen molar-refractivity contribution in [2.24, 2.45) is 0 Å². The molecule has 0 saturated heterocycles. The fraction of sp³-hybridized carbons (Fsp3) is 0.0952. The average Bonchev–Trinajstić information content (AvgIpc) is 2.73. The topological polar surface area (TPSA) is 66.5 Å². The summed E-state index contributed by atoms with van der Waals surface area (Å²) in [6.45, 7) is -0.701. The highest BCUT2D eigenvalue weighted by Crippen LogP contribution is 2.34. The summed E-state index contributed by atoms with van der Waals surface area (Å²) in [5.74, 6) is -0.907. The Balaban J connectivity index is 1.93. The second kappa shape index (κ2) is 8.58. The molecular formula is C21H17F3N2O3S. The van der Waals surface area contributed by atoms with Crippen molar-refractivity contribution in [2.45, 2.75) is 11.1 Å². The Bertz CT molecular complexity index is 1120. The molecule has 0 bridgehead atoms. The second-order valence-corrected chi connectivity index (χ2v) is 8.11. The maximum absolute atomic E-state index is 13.2. The van der Waals surface area contributed by atoms with E-state index < -0.39 is 39.9 Å². The summed E-state index contributed by atoms with van der Waals surface area (Å²) < 4.78 is 66.6. The number of anilines is 2. The summed E-state index contributed by atoms with van der Waals surface area (Å²) in [7, 11) is -4.13. The van der Waals surface area contributed by atoms with Crippen LogP contribution in [-0.4, -0.2) is 20.9 Å². The molecule has 0 aliphatic carbocycles. The predicted octanol–water partition coefficient (Wildman–Crippen LogP) is 4.54. The van der Waals surface area contributed by atoms with Gasteiger partial charge in [-0.15, -0.1) is 0 Å². The first kappa shape index (κ1) is 21.4. The Labute approximate surface area is 171 Å². The monoisotopic (exact) mass is 434 g/mol. The predicted molar refractivity (Wildman–Crippen MR) is 107 cm³/mol. The number of alkyl halides is 3. The van der Waals surface area contributed by atoms with Crippen molar-refractivity contribution in [1.29, 1.82) is 0 Å². The molecule has 0 aliphatic heterocycles. The van der Waals surface area contributed by atoms with Crippen LogP contribution in [0.25, 0.3) is 0 Å². The lowest BCUT2D eigenvalue weighted by molar-refractivity contribution is -0.137. The number of halogens is 3. The molecule has 5 nitrogen and oxygen atoms in total. The van der Waals surface area contributed by atoms with Crippen molar-refractivity contribution in [1.82, 2.24) is 0 Å². The molecule has 0 aromatic heterocycles. The Kier molecular flexibility index (Phi) is 6.12. The van der Waals surface area contributed by atoms with Crippen LogP contribution in [0, 0.1) is 0 Å². The molecule has 1 N–H and O–H groups in total. The SMILES string of the molecule is O=C(CN(c1ccccc1)S(=O)(=O)c1ccccc1)Nc1ccccc1C(F)(F)F. The fourth-order valence-corrected chi connectivity index (χ4v) is 4.23. The van der Waals surface area contributed by atoms with Crippen molar-refractivity contribution >= 4 is 27.3 Å². The lowest BCUT2D eigenvalue weighted by Crippen LogP contribution is -2.38. The van der Waals surface area contributed by atoms with E-state index in [0.29, 0.717) is 0 Å². The standard InChI is InChI=1S/C21H17F3N2O3S/c22-21(23,24)18-13-7-8-14-19(18)25-20(27)15-26(16-9-3-1-4-10-16)30(28,29)17-11-5-2-6-12-17/h1-14H,15H2,(H,25,27). The Hall–Kier alpha value is -3.33. The van der Waals surface area contributed by atoms with Crippen LogP contribution in [0.4, 0.5) is 24.5 Å². The van der Waals surface area contributed by atoms with Gasteiger partial charge in [0.25, 0.3) is 10.0 Å². The molecule has 0 aliphatic rings. The third-order valence-electron chi connectivity index (χ3n) is 4.17. The van der Waals surface area contributed by atoms with E-state index in [4.69, 9.17) is 0 Å². The van der Waals surface area contributed by atoms with Crippen LogP contribution in [0.1, 0.15) is 5.56 Å². The first-order valence-corrected chi connectivity index (χ1v) is 10.2. The number of nitrogens with one attached hydrogen (secondary N) is 1. The lowest BCUT2D eigenvalue weighted by atomic mass is 10.1. The highest BCUT2D eigenvalue weighted by molar-refractivity contribution is 7.92. The fourth-order valence-electron chi connectivity index (χ4n) is 2.79. The number of carbonyl (C=O) groups is 1. The summed E-state index contributed by atoms with van der Waals surface area (Å²) in [4.78, 5) is 12.5. The third kappa shape index (κ3) is 4.80. The number of amides is 1. The highest BCUT2D eigenvalue weighted by Gasteiger charge is 2.34. The van der Waals surface area contributed by atoms with Crippen LogP contribution in [0.3, 0.4) is 0 Å². The van der Waals surface area contributed by atoms with Crippen molar-refractivity contribution in [2.75, 3.05) is 16.2 Å². The number of rotatable bonds is 6. The van der Waals surface area contributed by atoms with E-state index in [1.807, 2.05) is 0 Å². The molecule has 9 heteroatoms. The molecule has 0 heterocycles.